The van der Waals surface area contributed by atoms with Crippen molar-refractivity contribution >= 4 is 17.7 Å². The Labute approximate surface area is 165 Å². The fraction of sp³-hybridized carbons (Fsp3) is 0.318. The zero-order valence-electron chi connectivity index (χ0n) is 16.3. The van der Waals surface area contributed by atoms with E-state index in [1.54, 1.807) is 38.4 Å². The Morgan fingerprint density at radius 3 is 2.14 bits per heavy atom. The molecule has 0 aromatic heterocycles. The third kappa shape index (κ3) is 4.76. The summed E-state index contributed by atoms with van der Waals surface area (Å²) in [6, 6.07) is 14.6. The van der Waals surface area contributed by atoms with Crippen LogP contribution in [0.15, 0.2) is 48.5 Å². The highest BCUT2D eigenvalue weighted by atomic mass is 16.2. The van der Waals surface area contributed by atoms with Crippen LogP contribution in [0.3, 0.4) is 0 Å². The molecular weight excluding hydrogens is 354 g/mol. The minimum absolute atomic E-state index is 0.0497. The number of amides is 3. The number of rotatable bonds is 6. The highest BCUT2D eigenvalue weighted by Crippen LogP contribution is 2.15. The molecule has 3 amide bonds. The van der Waals surface area contributed by atoms with Crippen molar-refractivity contribution in [3.05, 3.63) is 70.8 Å². The molecular formula is C22H25N3O3. The standard InChI is InChI=1S/C22H25N3O3/c1-24(2)22(28)19-11-5-16(6-12-19)14-23-21(27)18-9-7-17(8-10-18)15-25-13-3-4-20(25)26/h5-12H,3-4,13-15H2,1-2H3,(H,23,27). The summed E-state index contributed by atoms with van der Waals surface area (Å²) in [5.41, 5.74) is 3.14. The summed E-state index contributed by atoms with van der Waals surface area (Å²) in [6.45, 7) is 1.79. The number of benzene rings is 2. The Bertz CT molecular complexity index is 858. The van der Waals surface area contributed by atoms with Gasteiger partial charge in [0.1, 0.15) is 0 Å². The number of likely N-dealkylation sites (tertiary alicyclic amines) is 1. The average Bonchev–Trinajstić information content (AvgIpc) is 3.11. The molecule has 1 fully saturated rings. The molecule has 0 atom stereocenters. The first-order valence-corrected chi connectivity index (χ1v) is 9.39. The summed E-state index contributed by atoms with van der Waals surface area (Å²) in [7, 11) is 3.43. The van der Waals surface area contributed by atoms with Crippen LogP contribution in [0, 0.1) is 0 Å². The summed E-state index contributed by atoms with van der Waals surface area (Å²) >= 11 is 0. The van der Waals surface area contributed by atoms with Gasteiger partial charge in [0.2, 0.25) is 5.91 Å². The van der Waals surface area contributed by atoms with Gasteiger partial charge in [0, 0.05) is 51.3 Å². The van der Waals surface area contributed by atoms with E-state index in [1.165, 1.54) is 4.90 Å². The van der Waals surface area contributed by atoms with Crippen LogP contribution in [0.4, 0.5) is 0 Å². The minimum Gasteiger partial charge on any atom is -0.348 e. The normalized spacial score (nSPS) is 13.5. The van der Waals surface area contributed by atoms with Crippen molar-refractivity contribution in [3.63, 3.8) is 0 Å². The van der Waals surface area contributed by atoms with Gasteiger partial charge in [-0.1, -0.05) is 24.3 Å². The lowest BCUT2D eigenvalue weighted by molar-refractivity contribution is -0.128. The number of carbonyl (C=O) groups excluding carboxylic acids is 3. The lowest BCUT2D eigenvalue weighted by Gasteiger charge is -2.15. The van der Waals surface area contributed by atoms with Crippen LogP contribution in [-0.4, -0.2) is 48.2 Å². The first kappa shape index (κ1) is 19.6. The number of nitrogens with one attached hydrogen (secondary N) is 1. The summed E-state index contributed by atoms with van der Waals surface area (Å²) in [5.74, 6) is -0.0105. The van der Waals surface area contributed by atoms with Crippen molar-refractivity contribution in [1.29, 1.82) is 0 Å². The molecule has 1 N–H and O–H groups in total. The Kier molecular flexibility index (Phi) is 6.09. The van der Waals surface area contributed by atoms with Gasteiger partial charge in [-0.3, -0.25) is 14.4 Å². The molecule has 146 valence electrons. The summed E-state index contributed by atoms with van der Waals surface area (Å²) in [4.78, 5) is 39.3. The maximum Gasteiger partial charge on any atom is 0.253 e. The smallest absolute Gasteiger partial charge is 0.253 e. The Balaban J connectivity index is 1.53. The van der Waals surface area contributed by atoms with Gasteiger partial charge in [-0.25, -0.2) is 0 Å². The third-order valence-corrected chi connectivity index (χ3v) is 4.82. The van der Waals surface area contributed by atoms with E-state index in [-0.39, 0.29) is 17.7 Å². The van der Waals surface area contributed by atoms with E-state index in [9.17, 15) is 14.4 Å². The fourth-order valence-corrected chi connectivity index (χ4v) is 3.16. The molecule has 6 heteroatoms. The molecule has 28 heavy (non-hydrogen) atoms. The molecule has 6 nitrogen and oxygen atoms in total. The molecule has 3 rings (SSSR count). The van der Waals surface area contributed by atoms with Gasteiger partial charge in [-0.2, -0.15) is 0 Å². The SMILES string of the molecule is CN(C)C(=O)c1ccc(CNC(=O)c2ccc(CN3CCCC3=O)cc2)cc1. The highest BCUT2D eigenvalue weighted by Gasteiger charge is 2.20. The topological polar surface area (TPSA) is 69.7 Å². The molecule has 0 unspecified atom stereocenters. The van der Waals surface area contributed by atoms with Gasteiger partial charge in [-0.15, -0.1) is 0 Å². The van der Waals surface area contributed by atoms with Crippen molar-refractivity contribution < 1.29 is 14.4 Å². The molecule has 1 aliphatic rings. The first-order valence-electron chi connectivity index (χ1n) is 9.39. The zero-order chi connectivity index (χ0) is 20.1. The average molecular weight is 379 g/mol. The van der Waals surface area contributed by atoms with Gasteiger partial charge in [-0.05, 0) is 41.8 Å². The van der Waals surface area contributed by atoms with Crippen LogP contribution in [0.25, 0.3) is 0 Å². The van der Waals surface area contributed by atoms with Crippen molar-refractivity contribution in [2.75, 3.05) is 20.6 Å². The predicted octanol–water partition coefficient (Wildman–Crippen LogP) is 2.44. The second-order valence-corrected chi connectivity index (χ2v) is 7.19. The minimum atomic E-state index is -0.155. The van der Waals surface area contributed by atoms with E-state index in [2.05, 4.69) is 5.32 Å². The first-order chi connectivity index (χ1) is 13.4. The number of hydrogen-bond donors (Lipinski definition) is 1. The van der Waals surface area contributed by atoms with E-state index < -0.39 is 0 Å². The van der Waals surface area contributed by atoms with Crippen LogP contribution in [0.5, 0.6) is 0 Å². The number of hydrogen-bond acceptors (Lipinski definition) is 3. The highest BCUT2D eigenvalue weighted by molar-refractivity contribution is 5.94. The van der Waals surface area contributed by atoms with E-state index in [1.807, 2.05) is 29.2 Å². The van der Waals surface area contributed by atoms with Crippen molar-refractivity contribution in [2.45, 2.75) is 25.9 Å². The quantitative estimate of drug-likeness (QED) is 0.838. The van der Waals surface area contributed by atoms with Crippen LogP contribution in [0.2, 0.25) is 0 Å². The maximum atomic E-state index is 12.4. The van der Waals surface area contributed by atoms with Crippen LogP contribution in [0.1, 0.15) is 44.7 Å². The maximum absolute atomic E-state index is 12.4. The molecule has 2 aromatic carbocycles. The third-order valence-electron chi connectivity index (χ3n) is 4.82. The van der Waals surface area contributed by atoms with Crippen molar-refractivity contribution in [3.8, 4) is 0 Å². The van der Waals surface area contributed by atoms with Gasteiger partial charge < -0.3 is 15.1 Å². The molecule has 1 saturated heterocycles. The molecule has 0 bridgehead atoms. The van der Waals surface area contributed by atoms with E-state index in [4.69, 9.17) is 0 Å². The number of nitrogens with zero attached hydrogens (tertiary/aromatic N) is 2. The second-order valence-electron chi connectivity index (χ2n) is 7.19. The Morgan fingerprint density at radius 2 is 1.57 bits per heavy atom. The lowest BCUT2D eigenvalue weighted by Crippen LogP contribution is -2.24. The fourth-order valence-electron chi connectivity index (χ4n) is 3.16. The van der Waals surface area contributed by atoms with Gasteiger partial charge in [0.15, 0.2) is 0 Å². The Hall–Kier alpha value is -3.15. The molecule has 2 aromatic rings. The number of carbonyl (C=O) groups is 3. The largest absolute Gasteiger partial charge is 0.348 e. The van der Waals surface area contributed by atoms with Crippen LogP contribution < -0.4 is 5.32 Å². The van der Waals surface area contributed by atoms with Crippen LogP contribution in [-0.2, 0) is 17.9 Å². The summed E-state index contributed by atoms with van der Waals surface area (Å²) in [5, 5.41) is 2.89. The van der Waals surface area contributed by atoms with E-state index in [0.717, 1.165) is 24.1 Å². The van der Waals surface area contributed by atoms with E-state index in [0.29, 0.717) is 30.6 Å². The molecule has 0 aliphatic carbocycles. The lowest BCUT2D eigenvalue weighted by atomic mass is 10.1. The molecule has 1 heterocycles. The molecule has 0 saturated carbocycles. The molecule has 0 radical (unpaired) electrons. The van der Waals surface area contributed by atoms with Crippen molar-refractivity contribution in [1.82, 2.24) is 15.1 Å². The summed E-state index contributed by atoms with van der Waals surface area (Å²) < 4.78 is 0. The van der Waals surface area contributed by atoms with Gasteiger partial charge in [0.05, 0.1) is 0 Å². The van der Waals surface area contributed by atoms with E-state index >= 15 is 0 Å². The van der Waals surface area contributed by atoms with Crippen molar-refractivity contribution in [2.24, 2.45) is 0 Å². The zero-order valence-corrected chi connectivity index (χ0v) is 16.3. The van der Waals surface area contributed by atoms with Gasteiger partial charge >= 0.3 is 0 Å². The monoisotopic (exact) mass is 379 g/mol. The molecule has 0 spiro atoms. The van der Waals surface area contributed by atoms with Crippen LogP contribution >= 0.6 is 0 Å². The van der Waals surface area contributed by atoms with Gasteiger partial charge in [0.25, 0.3) is 11.8 Å². The summed E-state index contributed by atoms with van der Waals surface area (Å²) in [6.07, 6.45) is 1.55. The molecule has 1 aliphatic heterocycles. The second kappa shape index (κ2) is 8.69. The predicted molar refractivity (Wildman–Crippen MR) is 107 cm³/mol. The Morgan fingerprint density at radius 1 is 0.964 bits per heavy atom.